The van der Waals surface area contributed by atoms with Gasteiger partial charge in [0.1, 0.15) is 23.0 Å². The van der Waals surface area contributed by atoms with Gasteiger partial charge in [0.25, 0.3) is 11.4 Å². The van der Waals surface area contributed by atoms with Gasteiger partial charge < -0.3 is 14.6 Å². The van der Waals surface area contributed by atoms with Crippen LogP contribution >= 0.6 is 0 Å². The van der Waals surface area contributed by atoms with E-state index in [1.54, 1.807) is 13.8 Å². The van der Waals surface area contributed by atoms with Crippen molar-refractivity contribution < 1.29 is 29.2 Å². The normalized spacial score (nSPS) is 10.4. The molecule has 0 aliphatic heterocycles. The smallest absolute Gasteiger partial charge is 0.335 e. The zero-order chi connectivity index (χ0) is 22.7. The number of carboxylic acid groups (broad SMARTS) is 1. The predicted molar refractivity (Wildman–Crippen MR) is 109 cm³/mol. The van der Waals surface area contributed by atoms with Gasteiger partial charge in [-0.2, -0.15) is 0 Å². The second-order valence-electron chi connectivity index (χ2n) is 6.61. The van der Waals surface area contributed by atoms with Crippen LogP contribution in [0.1, 0.15) is 21.5 Å². The van der Waals surface area contributed by atoms with Crippen LogP contribution in [0, 0.1) is 34.1 Å². The first kappa shape index (κ1) is 21.2. The maximum Gasteiger partial charge on any atom is 0.335 e. The number of nitro groups is 2. The molecule has 0 unspecified atom stereocenters. The minimum atomic E-state index is -1.21. The van der Waals surface area contributed by atoms with Gasteiger partial charge in [0.15, 0.2) is 0 Å². The van der Waals surface area contributed by atoms with Crippen molar-refractivity contribution in [2.45, 2.75) is 13.8 Å². The number of aryl methyl sites for hydroxylation is 2. The highest BCUT2D eigenvalue weighted by Gasteiger charge is 2.15. The van der Waals surface area contributed by atoms with Crippen LogP contribution in [-0.2, 0) is 0 Å². The van der Waals surface area contributed by atoms with Crippen LogP contribution in [0.4, 0.5) is 11.4 Å². The Morgan fingerprint density at radius 1 is 0.742 bits per heavy atom. The zero-order valence-electron chi connectivity index (χ0n) is 16.4. The van der Waals surface area contributed by atoms with E-state index in [2.05, 4.69) is 0 Å². The second-order valence-corrected chi connectivity index (χ2v) is 6.61. The number of nitrogens with zero attached hydrogens (tertiary/aromatic N) is 2. The summed E-state index contributed by atoms with van der Waals surface area (Å²) in [5.74, 6) is -0.371. The van der Waals surface area contributed by atoms with Crippen molar-refractivity contribution in [2.75, 3.05) is 0 Å². The molecule has 10 nitrogen and oxygen atoms in total. The molecule has 1 N–H and O–H groups in total. The standard InChI is InChI=1S/C21H16N2O8/c1-12-7-15(3-5-19(12)22(26)27)30-17-9-14(21(24)25)10-18(11-17)31-16-4-6-20(23(28)29)13(2)8-16/h3-11H,1-2H3,(H,24,25). The lowest BCUT2D eigenvalue weighted by Crippen LogP contribution is -1.99. The van der Waals surface area contributed by atoms with Crippen molar-refractivity contribution in [1.29, 1.82) is 0 Å². The molecule has 31 heavy (non-hydrogen) atoms. The van der Waals surface area contributed by atoms with Gasteiger partial charge in [-0.3, -0.25) is 20.2 Å². The molecule has 0 aromatic heterocycles. The SMILES string of the molecule is Cc1cc(Oc2cc(Oc3ccc([N+](=O)[O-])c(C)c3)cc(C(=O)O)c2)ccc1[N+](=O)[O-]. The Labute approximate surface area is 175 Å². The Balaban J connectivity index is 1.92. The monoisotopic (exact) mass is 424 g/mol. The molecule has 0 aliphatic rings. The molecule has 0 bridgehead atoms. The van der Waals surface area contributed by atoms with Crippen LogP contribution in [0.25, 0.3) is 0 Å². The van der Waals surface area contributed by atoms with Crippen LogP contribution in [-0.4, -0.2) is 20.9 Å². The molecule has 0 saturated carbocycles. The summed E-state index contributed by atoms with van der Waals surface area (Å²) in [5, 5.41) is 31.3. The number of aromatic carboxylic acids is 1. The fourth-order valence-electron chi connectivity index (χ4n) is 2.88. The van der Waals surface area contributed by atoms with Crippen molar-refractivity contribution in [1.82, 2.24) is 0 Å². The molecule has 10 heteroatoms. The zero-order valence-corrected chi connectivity index (χ0v) is 16.4. The van der Waals surface area contributed by atoms with Gasteiger partial charge in [0.2, 0.25) is 0 Å². The quantitative estimate of drug-likeness (QED) is 0.392. The van der Waals surface area contributed by atoms with E-state index in [4.69, 9.17) is 9.47 Å². The minimum absolute atomic E-state index is 0.0656. The summed E-state index contributed by atoms with van der Waals surface area (Å²) in [4.78, 5) is 32.4. The molecule has 0 radical (unpaired) electrons. The van der Waals surface area contributed by atoms with Gasteiger partial charge in [0, 0.05) is 29.3 Å². The van der Waals surface area contributed by atoms with Crippen LogP contribution in [0.2, 0.25) is 0 Å². The molecule has 3 aromatic rings. The van der Waals surface area contributed by atoms with Crippen molar-refractivity contribution >= 4 is 17.3 Å². The maximum atomic E-state index is 11.5. The molecule has 158 valence electrons. The van der Waals surface area contributed by atoms with Crippen LogP contribution in [0.15, 0.2) is 54.6 Å². The van der Waals surface area contributed by atoms with Crippen molar-refractivity contribution in [3.63, 3.8) is 0 Å². The number of carbonyl (C=O) groups is 1. The Bertz CT molecular complexity index is 1120. The van der Waals surface area contributed by atoms with E-state index in [0.29, 0.717) is 11.1 Å². The summed E-state index contributed by atoms with van der Waals surface area (Å²) in [6.45, 7) is 3.12. The van der Waals surface area contributed by atoms with Gasteiger partial charge in [-0.1, -0.05) is 0 Å². The largest absolute Gasteiger partial charge is 0.478 e. The van der Waals surface area contributed by atoms with Crippen LogP contribution in [0.3, 0.4) is 0 Å². The number of rotatable bonds is 7. The van der Waals surface area contributed by atoms with Crippen LogP contribution < -0.4 is 9.47 Å². The van der Waals surface area contributed by atoms with E-state index in [0.717, 1.165) is 0 Å². The molecular formula is C21H16N2O8. The van der Waals surface area contributed by atoms with Gasteiger partial charge in [0.05, 0.1) is 15.4 Å². The number of nitro benzene ring substituents is 2. The summed E-state index contributed by atoms with van der Waals surface area (Å²) in [6.07, 6.45) is 0. The summed E-state index contributed by atoms with van der Waals surface area (Å²) >= 11 is 0. The van der Waals surface area contributed by atoms with Gasteiger partial charge in [-0.05, 0) is 50.2 Å². The molecule has 3 aromatic carbocycles. The first-order valence-corrected chi connectivity index (χ1v) is 8.88. The fraction of sp³-hybridized carbons (Fsp3) is 0.0952. The predicted octanol–water partition coefficient (Wildman–Crippen LogP) is 5.40. The third-order valence-corrected chi connectivity index (χ3v) is 4.33. The van der Waals surface area contributed by atoms with Crippen molar-refractivity contribution in [2.24, 2.45) is 0 Å². The molecule has 0 heterocycles. The average molecular weight is 424 g/mol. The summed E-state index contributed by atoms with van der Waals surface area (Å²) < 4.78 is 11.4. The molecule has 0 amide bonds. The highest BCUT2D eigenvalue weighted by Crippen LogP contribution is 2.33. The third-order valence-electron chi connectivity index (χ3n) is 4.33. The van der Waals surface area contributed by atoms with Gasteiger partial charge in [-0.15, -0.1) is 0 Å². The molecule has 0 aliphatic carbocycles. The first-order chi connectivity index (χ1) is 14.6. The molecule has 3 rings (SSSR count). The maximum absolute atomic E-state index is 11.5. The Morgan fingerprint density at radius 2 is 1.16 bits per heavy atom. The topological polar surface area (TPSA) is 142 Å². The van der Waals surface area contributed by atoms with Gasteiger partial charge in [-0.25, -0.2) is 4.79 Å². The van der Waals surface area contributed by atoms with E-state index in [1.807, 2.05) is 0 Å². The number of hydrogen-bond acceptors (Lipinski definition) is 7. The van der Waals surface area contributed by atoms with Crippen molar-refractivity contribution in [3.05, 3.63) is 91.5 Å². The number of benzene rings is 3. The number of hydrogen-bond donors (Lipinski definition) is 1. The van der Waals surface area contributed by atoms with E-state index in [9.17, 15) is 30.1 Å². The summed E-state index contributed by atoms with van der Waals surface area (Å²) in [7, 11) is 0. The minimum Gasteiger partial charge on any atom is -0.478 e. The molecule has 0 spiro atoms. The van der Waals surface area contributed by atoms with E-state index >= 15 is 0 Å². The summed E-state index contributed by atoms with van der Waals surface area (Å²) in [5.41, 5.74) is 0.530. The third kappa shape index (κ3) is 4.93. The van der Waals surface area contributed by atoms with Crippen molar-refractivity contribution in [3.8, 4) is 23.0 Å². The van der Waals surface area contributed by atoms with E-state index < -0.39 is 15.8 Å². The molecule has 0 atom stereocenters. The lowest BCUT2D eigenvalue weighted by atomic mass is 10.1. The Kier molecular flexibility index (Phi) is 5.82. The average Bonchev–Trinajstić information content (AvgIpc) is 2.67. The lowest BCUT2D eigenvalue weighted by molar-refractivity contribution is -0.385. The highest BCUT2D eigenvalue weighted by atomic mass is 16.6. The number of ether oxygens (including phenoxy) is 2. The van der Waals surface area contributed by atoms with Gasteiger partial charge >= 0.3 is 5.97 Å². The Hall–Kier alpha value is -4.47. The first-order valence-electron chi connectivity index (χ1n) is 8.88. The molecular weight excluding hydrogens is 408 g/mol. The highest BCUT2D eigenvalue weighted by molar-refractivity contribution is 5.88. The van der Waals surface area contributed by atoms with Crippen LogP contribution in [0.5, 0.6) is 23.0 Å². The van der Waals surface area contributed by atoms with E-state index in [1.165, 1.54) is 54.6 Å². The lowest BCUT2D eigenvalue weighted by Gasteiger charge is -2.12. The fourth-order valence-corrected chi connectivity index (χ4v) is 2.88. The summed E-state index contributed by atoms with van der Waals surface area (Å²) in [6, 6.07) is 12.3. The second kappa shape index (κ2) is 8.49. The molecule has 0 fully saturated rings. The molecule has 0 saturated heterocycles. The van der Waals surface area contributed by atoms with E-state index in [-0.39, 0.29) is 39.9 Å². The number of carboxylic acids is 1. The Morgan fingerprint density at radius 3 is 1.48 bits per heavy atom.